The fourth-order valence-corrected chi connectivity index (χ4v) is 1.65. The van der Waals surface area contributed by atoms with Crippen molar-refractivity contribution in [1.82, 2.24) is 0 Å². The van der Waals surface area contributed by atoms with Gasteiger partial charge in [-0.1, -0.05) is 44.2 Å². The van der Waals surface area contributed by atoms with E-state index in [1.54, 1.807) is 0 Å². The predicted octanol–water partition coefficient (Wildman–Crippen LogP) is 2.68. The maximum absolute atomic E-state index is 5.58. The molecule has 0 aromatic heterocycles. The van der Waals surface area contributed by atoms with Crippen LogP contribution in [0.15, 0.2) is 35.3 Å². The molecule has 0 saturated heterocycles. The molecule has 0 spiro atoms. The summed E-state index contributed by atoms with van der Waals surface area (Å²) in [5.74, 6) is 1.46. The van der Waals surface area contributed by atoms with Gasteiger partial charge in [0.2, 0.25) is 0 Å². The molecule has 1 aliphatic heterocycles. The largest absolute Gasteiger partial charge is 0.478 e. The summed E-state index contributed by atoms with van der Waals surface area (Å²) in [6.45, 7) is 5.12. The fraction of sp³-hybridized carbons (Fsp3) is 0.462. The Morgan fingerprint density at radius 1 is 1.33 bits per heavy atom. The Morgan fingerprint density at radius 3 is 2.67 bits per heavy atom. The molecule has 0 N–H and O–H groups in total. The van der Waals surface area contributed by atoms with E-state index >= 15 is 0 Å². The number of benzene rings is 1. The van der Waals surface area contributed by atoms with Crippen molar-refractivity contribution in [2.24, 2.45) is 10.9 Å². The van der Waals surface area contributed by atoms with Crippen LogP contribution < -0.4 is 0 Å². The van der Waals surface area contributed by atoms with Crippen molar-refractivity contribution in [2.45, 2.75) is 26.3 Å². The number of hydrogen-bond acceptors (Lipinski definition) is 2. The Morgan fingerprint density at radius 2 is 2.07 bits per heavy atom. The third kappa shape index (κ3) is 2.58. The summed E-state index contributed by atoms with van der Waals surface area (Å²) in [4.78, 5) is 4.58. The second-order valence-electron chi connectivity index (χ2n) is 4.31. The first-order valence-electron chi connectivity index (χ1n) is 5.49. The molecule has 0 radical (unpaired) electrons. The maximum atomic E-state index is 5.58. The summed E-state index contributed by atoms with van der Waals surface area (Å²) in [6.07, 6.45) is 0.823. The molecule has 0 amide bonds. The minimum absolute atomic E-state index is 0.351. The molecule has 0 fully saturated rings. The molecule has 1 aliphatic rings. The van der Waals surface area contributed by atoms with Crippen molar-refractivity contribution in [1.29, 1.82) is 0 Å². The summed E-state index contributed by atoms with van der Waals surface area (Å²) in [7, 11) is 0. The summed E-state index contributed by atoms with van der Waals surface area (Å²) in [5, 5.41) is 0. The van der Waals surface area contributed by atoms with Gasteiger partial charge in [0.1, 0.15) is 6.61 Å². The van der Waals surface area contributed by atoms with Crippen LogP contribution in [0.1, 0.15) is 19.4 Å². The summed E-state index contributed by atoms with van der Waals surface area (Å²) < 4.78 is 5.58. The van der Waals surface area contributed by atoms with Crippen LogP contribution in [-0.2, 0) is 11.2 Å². The molecule has 1 atom stereocenters. The minimum Gasteiger partial charge on any atom is -0.478 e. The fourth-order valence-electron chi connectivity index (χ4n) is 1.65. The first-order chi connectivity index (χ1) is 7.25. The molecule has 15 heavy (non-hydrogen) atoms. The highest BCUT2D eigenvalue weighted by Gasteiger charge is 2.21. The highest BCUT2D eigenvalue weighted by Crippen LogP contribution is 2.15. The van der Waals surface area contributed by atoms with Gasteiger partial charge in [0.25, 0.3) is 0 Å². The lowest BCUT2D eigenvalue weighted by molar-refractivity contribution is 0.287. The molecule has 1 heterocycles. The van der Waals surface area contributed by atoms with Gasteiger partial charge in [0.05, 0.1) is 6.04 Å². The number of aliphatic imine (C=N–C) groups is 1. The van der Waals surface area contributed by atoms with Crippen molar-refractivity contribution in [3.05, 3.63) is 35.9 Å². The minimum atomic E-state index is 0.351. The Balaban J connectivity index is 2.00. The second-order valence-corrected chi connectivity index (χ2v) is 4.31. The van der Waals surface area contributed by atoms with Gasteiger partial charge in [-0.15, -0.1) is 0 Å². The second kappa shape index (κ2) is 4.47. The third-order valence-electron chi connectivity index (χ3n) is 2.70. The lowest BCUT2D eigenvalue weighted by Crippen LogP contribution is -2.13. The van der Waals surface area contributed by atoms with E-state index < -0.39 is 0 Å². The number of hydrogen-bond donors (Lipinski definition) is 0. The van der Waals surface area contributed by atoms with Crippen LogP contribution in [0.3, 0.4) is 0 Å². The van der Waals surface area contributed by atoms with E-state index in [0.29, 0.717) is 12.0 Å². The zero-order chi connectivity index (χ0) is 10.7. The maximum Gasteiger partial charge on any atom is 0.188 e. The molecule has 1 aromatic rings. The van der Waals surface area contributed by atoms with Crippen molar-refractivity contribution in [3.8, 4) is 0 Å². The van der Waals surface area contributed by atoms with E-state index in [0.717, 1.165) is 18.9 Å². The lowest BCUT2D eigenvalue weighted by Gasteiger charge is -2.06. The number of ether oxygens (including phenoxy) is 1. The molecule has 1 aromatic carbocycles. The van der Waals surface area contributed by atoms with Crippen LogP contribution in [0, 0.1) is 5.92 Å². The summed E-state index contributed by atoms with van der Waals surface area (Å²) >= 11 is 0. The average molecular weight is 203 g/mol. The van der Waals surface area contributed by atoms with E-state index in [2.05, 4.69) is 31.0 Å². The Kier molecular flexibility index (Phi) is 3.05. The Hall–Kier alpha value is -1.31. The average Bonchev–Trinajstić information content (AvgIpc) is 2.68. The zero-order valence-electron chi connectivity index (χ0n) is 9.31. The van der Waals surface area contributed by atoms with Gasteiger partial charge >= 0.3 is 0 Å². The van der Waals surface area contributed by atoms with Crippen LogP contribution in [0.5, 0.6) is 0 Å². The van der Waals surface area contributed by atoms with Gasteiger partial charge in [-0.3, -0.25) is 0 Å². The third-order valence-corrected chi connectivity index (χ3v) is 2.70. The molecule has 80 valence electrons. The highest BCUT2D eigenvalue weighted by molar-refractivity contribution is 5.80. The topological polar surface area (TPSA) is 21.6 Å². The van der Waals surface area contributed by atoms with Crippen LogP contribution >= 0.6 is 0 Å². The highest BCUT2D eigenvalue weighted by atomic mass is 16.5. The molecule has 0 unspecified atom stereocenters. The molecule has 0 aliphatic carbocycles. The number of rotatable bonds is 3. The predicted molar refractivity (Wildman–Crippen MR) is 62.2 cm³/mol. The van der Waals surface area contributed by atoms with E-state index in [4.69, 9.17) is 4.74 Å². The zero-order valence-corrected chi connectivity index (χ0v) is 9.31. The van der Waals surface area contributed by atoms with Gasteiger partial charge in [-0.05, 0) is 11.5 Å². The molecular weight excluding hydrogens is 186 g/mol. The van der Waals surface area contributed by atoms with Crippen LogP contribution in [0.25, 0.3) is 0 Å². The van der Waals surface area contributed by atoms with Gasteiger partial charge in [-0.2, -0.15) is 0 Å². The van der Waals surface area contributed by atoms with Gasteiger partial charge in [0, 0.05) is 6.42 Å². The van der Waals surface area contributed by atoms with Gasteiger partial charge in [0.15, 0.2) is 5.90 Å². The molecule has 2 heteroatoms. The summed E-state index contributed by atoms with van der Waals surface area (Å²) in [6, 6.07) is 10.7. The Bertz CT molecular complexity index is 343. The van der Waals surface area contributed by atoms with Crippen molar-refractivity contribution in [2.75, 3.05) is 6.61 Å². The molecular formula is C13H17NO. The first kappa shape index (κ1) is 10.2. The van der Waals surface area contributed by atoms with E-state index in [1.165, 1.54) is 5.56 Å². The van der Waals surface area contributed by atoms with Crippen LogP contribution in [-0.4, -0.2) is 18.5 Å². The first-order valence-corrected chi connectivity index (χ1v) is 5.49. The van der Waals surface area contributed by atoms with Gasteiger partial charge < -0.3 is 4.74 Å². The molecule has 0 saturated carbocycles. The van der Waals surface area contributed by atoms with Gasteiger partial charge in [-0.25, -0.2) is 4.99 Å². The van der Waals surface area contributed by atoms with E-state index in [9.17, 15) is 0 Å². The van der Waals surface area contributed by atoms with E-state index in [1.807, 2.05) is 18.2 Å². The normalized spacial score (nSPS) is 20.2. The van der Waals surface area contributed by atoms with Crippen LogP contribution in [0.4, 0.5) is 0 Å². The smallest absolute Gasteiger partial charge is 0.188 e. The Labute approximate surface area is 91.0 Å². The standard InChI is InChI=1S/C13H17NO/c1-10(2)12-9-15-13(14-12)8-11-6-4-3-5-7-11/h3-7,10,12H,8-9H2,1-2H3/t12-/m1/s1. The SMILES string of the molecule is CC(C)[C@H]1COC(Cc2ccccc2)=N1. The van der Waals surface area contributed by atoms with Crippen molar-refractivity contribution in [3.63, 3.8) is 0 Å². The lowest BCUT2D eigenvalue weighted by atomic mass is 10.1. The van der Waals surface area contributed by atoms with Crippen molar-refractivity contribution < 1.29 is 4.74 Å². The summed E-state index contributed by atoms with van der Waals surface area (Å²) in [5.41, 5.74) is 1.26. The monoisotopic (exact) mass is 203 g/mol. The van der Waals surface area contributed by atoms with Crippen LogP contribution in [0.2, 0.25) is 0 Å². The van der Waals surface area contributed by atoms with Crippen molar-refractivity contribution >= 4 is 5.90 Å². The number of nitrogens with zero attached hydrogens (tertiary/aromatic N) is 1. The van der Waals surface area contributed by atoms with E-state index in [-0.39, 0.29) is 0 Å². The molecule has 2 nitrogen and oxygen atoms in total. The molecule has 2 rings (SSSR count). The quantitative estimate of drug-likeness (QED) is 0.740. The molecule has 0 bridgehead atoms.